The Bertz CT molecular complexity index is 1480. The number of benzene rings is 3. The number of ether oxygens (including phenoxy) is 6. The van der Waals surface area contributed by atoms with Crippen LogP contribution in [0.15, 0.2) is 66.7 Å². The fourth-order valence-corrected chi connectivity index (χ4v) is 7.27. The van der Waals surface area contributed by atoms with E-state index in [0.717, 1.165) is 86.9 Å². The summed E-state index contributed by atoms with van der Waals surface area (Å²) < 4.78 is 36.6. The van der Waals surface area contributed by atoms with Gasteiger partial charge in [0.25, 0.3) is 0 Å². The summed E-state index contributed by atoms with van der Waals surface area (Å²) in [6, 6.07) is 21.7. The second kappa shape index (κ2) is 15.7. The summed E-state index contributed by atoms with van der Waals surface area (Å²) in [4.78, 5) is 16.7. The number of likely N-dealkylation sites (tertiary alicyclic amines) is 1. The minimum absolute atomic E-state index is 0.0664. The van der Waals surface area contributed by atoms with Crippen LogP contribution < -0.4 is 18.9 Å². The normalized spacial score (nSPS) is 26.0. The molecular weight excluding hydrogens is 606 g/mol. The fraction of sp³-hybridized carbons (Fsp3) is 0.525. The second-order valence-electron chi connectivity index (χ2n) is 13.8. The lowest BCUT2D eigenvalue weighted by atomic mass is 9.81. The predicted octanol–water partition coefficient (Wildman–Crippen LogP) is 7.44. The first-order valence-electron chi connectivity index (χ1n) is 18.0. The van der Waals surface area contributed by atoms with Gasteiger partial charge in [-0.3, -0.25) is 9.69 Å². The number of ketones is 1. The van der Waals surface area contributed by atoms with Gasteiger partial charge in [-0.05, 0) is 105 Å². The van der Waals surface area contributed by atoms with E-state index < -0.39 is 12.0 Å². The number of hydrogen-bond donors (Lipinski definition) is 0. The van der Waals surface area contributed by atoms with E-state index >= 15 is 0 Å². The van der Waals surface area contributed by atoms with Crippen molar-refractivity contribution in [3.05, 3.63) is 83.4 Å². The van der Waals surface area contributed by atoms with Crippen LogP contribution in [0.5, 0.6) is 23.0 Å². The van der Waals surface area contributed by atoms with Gasteiger partial charge in [0.2, 0.25) is 0 Å². The van der Waals surface area contributed by atoms with Gasteiger partial charge in [0, 0.05) is 32.2 Å². The lowest BCUT2D eigenvalue weighted by Gasteiger charge is -2.33. The van der Waals surface area contributed by atoms with Crippen LogP contribution in [0, 0.1) is 11.8 Å². The zero-order valence-electron chi connectivity index (χ0n) is 28.1. The summed E-state index contributed by atoms with van der Waals surface area (Å²) in [5.74, 6) is 3.25. The molecule has 3 saturated heterocycles. The molecule has 5 atom stereocenters. The predicted molar refractivity (Wildman–Crippen MR) is 183 cm³/mol. The van der Waals surface area contributed by atoms with Gasteiger partial charge in [-0.1, -0.05) is 31.2 Å². The topological polar surface area (TPSA) is 75.7 Å². The van der Waals surface area contributed by atoms with Gasteiger partial charge in [0.15, 0.2) is 12.1 Å². The van der Waals surface area contributed by atoms with Crippen molar-refractivity contribution in [3.63, 3.8) is 0 Å². The van der Waals surface area contributed by atoms with E-state index in [-0.39, 0.29) is 18.2 Å². The number of rotatable bonds is 12. The second-order valence-corrected chi connectivity index (χ2v) is 13.8. The summed E-state index contributed by atoms with van der Waals surface area (Å²) in [7, 11) is 0. The molecule has 8 heteroatoms. The molecule has 4 heterocycles. The fourth-order valence-electron chi connectivity index (χ4n) is 7.27. The molecule has 48 heavy (non-hydrogen) atoms. The van der Waals surface area contributed by atoms with Crippen LogP contribution in [0.4, 0.5) is 0 Å². The molecule has 8 nitrogen and oxygen atoms in total. The molecule has 4 aliphatic rings. The van der Waals surface area contributed by atoms with Crippen molar-refractivity contribution in [2.45, 2.75) is 76.8 Å². The Morgan fingerprint density at radius 3 is 2.29 bits per heavy atom. The smallest absolute Gasteiger partial charge is 0.199 e. The molecular formula is C40H49NO7. The number of hydrogen-bond acceptors (Lipinski definition) is 8. The van der Waals surface area contributed by atoms with Gasteiger partial charge in [-0.2, -0.15) is 0 Å². The first-order valence-corrected chi connectivity index (χ1v) is 18.0. The molecule has 3 unspecified atom stereocenters. The third-order valence-electron chi connectivity index (χ3n) is 10.1. The highest BCUT2D eigenvalue weighted by Gasteiger charge is 2.38. The van der Waals surface area contributed by atoms with Gasteiger partial charge in [0.05, 0.1) is 24.2 Å². The quantitative estimate of drug-likeness (QED) is 0.199. The minimum atomic E-state index is -0.467. The summed E-state index contributed by atoms with van der Waals surface area (Å²) in [6.07, 6.45) is 7.54. The molecule has 3 aromatic carbocycles. The zero-order chi connectivity index (χ0) is 32.7. The Balaban J connectivity index is 1.06. The van der Waals surface area contributed by atoms with Crippen LogP contribution in [0.1, 0.15) is 79.5 Å². The summed E-state index contributed by atoms with van der Waals surface area (Å²) in [5, 5.41) is 0. The van der Waals surface area contributed by atoms with Gasteiger partial charge in [-0.25, -0.2) is 0 Å². The SMILES string of the molecule is CC1CCN(CCOc2ccc([C@H]3Oc4cc(OC5CCCCO5)ccc4C(=O)[C@H]3Cc3ccc(OCC4CCCCO4)cc3)cc2)C1. The van der Waals surface area contributed by atoms with Crippen molar-refractivity contribution >= 4 is 5.78 Å². The molecule has 0 radical (unpaired) electrons. The maximum Gasteiger partial charge on any atom is 0.199 e. The third-order valence-corrected chi connectivity index (χ3v) is 10.1. The monoisotopic (exact) mass is 655 g/mol. The van der Waals surface area contributed by atoms with E-state index in [0.29, 0.717) is 43.3 Å². The highest BCUT2D eigenvalue weighted by atomic mass is 16.7. The van der Waals surface area contributed by atoms with Crippen LogP contribution >= 0.6 is 0 Å². The van der Waals surface area contributed by atoms with Gasteiger partial charge < -0.3 is 28.4 Å². The van der Waals surface area contributed by atoms with Gasteiger partial charge in [-0.15, -0.1) is 0 Å². The molecule has 0 aromatic heterocycles. The van der Waals surface area contributed by atoms with Crippen molar-refractivity contribution < 1.29 is 33.2 Å². The van der Waals surface area contributed by atoms with Crippen LogP contribution in [-0.4, -0.2) is 69.1 Å². The first-order chi connectivity index (χ1) is 23.6. The van der Waals surface area contributed by atoms with E-state index in [9.17, 15) is 4.79 Å². The van der Waals surface area contributed by atoms with Crippen LogP contribution in [0.3, 0.4) is 0 Å². The molecule has 4 aliphatic heterocycles. The summed E-state index contributed by atoms with van der Waals surface area (Å²) in [5.41, 5.74) is 2.57. The molecule has 0 bridgehead atoms. The van der Waals surface area contributed by atoms with Crippen molar-refractivity contribution in [2.24, 2.45) is 11.8 Å². The Labute approximate surface area is 284 Å². The molecule has 256 valence electrons. The van der Waals surface area contributed by atoms with Crippen LogP contribution in [-0.2, 0) is 15.9 Å². The first kappa shape index (κ1) is 32.9. The van der Waals surface area contributed by atoms with Crippen molar-refractivity contribution in [3.8, 4) is 23.0 Å². The lowest BCUT2D eigenvalue weighted by molar-refractivity contribution is -0.106. The maximum atomic E-state index is 14.2. The van der Waals surface area contributed by atoms with E-state index in [1.807, 2.05) is 54.6 Å². The molecule has 0 aliphatic carbocycles. The third kappa shape index (κ3) is 8.33. The number of fused-ring (bicyclic) bond motifs is 1. The summed E-state index contributed by atoms with van der Waals surface area (Å²) in [6.45, 7) is 8.25. The maximum absolute atomic E-state index is 14.2. The minimum Gasteiger partial charge on any atom is -0.492 e. The molecule has 7 rings (SSSR count). The average Bonchev–Trinajstić information content (AvgIpc) is 3.54. The zero-order valence-corrected chi connectivity index (χ0v) is 28.1. The van der Waals surface area contributed by atoms with Gasteiger partial charge in [0.1, 0.15) is 42.3 Å². The molecule has 0 amide bonds. The summed E-state index contributed by atoms with van der Waals surface area (Å²) >= 11 is 0. The Kier molecular flexibility index (Phi) is 10.8. The van der Waals surface area contributed by atoms with Crippen LogP contribution in [0.25, 0.3) is 0 Å². The van der Waals surface area contributed by atoms with Gasteiger partial charge >= 0.3 is 0 Å². The molecule has 0 saturated carbocycles. The molecule has 3 aromatic rings. The Morgan fingerprint density at radius 2 is 1.56 bits per heavy atom. The molecule has 0 spiro atoms. The van der Waals surface area contributed by atoms with Crippen LogP contribution in [0.2, 0.25) is 0 Å². The standard InChI is InChI=1S/C40H49NO7/c1-28-18-19-41(26-28)20-23-44-31-14-10-30(11-15-31)40-36(24-29-8-12-32(13-9-29)46-27-34-6-2-4-21-43-34)39(42)35-17-16-33(25-37(35)48-40)47-38-7-3-5-22-45-38/h8-17,25,28,34,36,38,40H,2-7,18-24,26-27H2,1H3/t28?,34?,36-,38?,40-/m1/s1. The molecule has 0 N–H and O–H groups in total. The highest BCUT2D eigenvalue weighted by Crippen LogP contribution is 2.42. The molecule has 3 fully saturated rings. The Morgan fingerprint density at radius 1 is 0.812 bits per heavy atom. The number of carbonyl (C=O) groups excluding carboxylic acids is 1. The number of carbonyl (C=O) groups is 1. The number of Topliss-reactive ketones (excluding diaryl/α,β-unsaturated/α-hetero) is 1. The Hall–Kier alpha value is -3.59. The highest BCUT2D eigenvalue weighted by molar-refractivity contribution is 6.02. The lowest BCUT2D eigenvalue weighted by Crippen LogP contribution is -2.33. The average molecular weight is 656 g/mol. The number of nitrogens with zero attached hydrogens (tertiary/aromatic N) is 1. The van der Waals surface area contributed by atoms with Crippen molar-refractivity contribution in [1.29, 1.82) is 0 Å². The van der Waals surface area contributed by atoms with Crippen molar-refractivity contribution in [2.75, 3.05) is 46.1 Å². The van der Waals surface area contributed by atoms with Crippen molar-refractivity contribution in [1.82, 2.24) is 4.90 Å². The van der Waals surface area contributed by atoms with E-state index in [2.05, 4.69) is 24.0 Å². The van der Waals surface area contributed by atoms with E-state index in [1.165, 1.54) is 12.8 Å². The van der Waals surface area contributed by atoms with E-state index in [1.54, 1.807) is 0 Å². The van der Waals surface area contributed by atoms with E-state index in [4.69, 9.17) is 28.4 Å². The largest absolute Gasteiger partial charge is 0.492 e.